The van der Waals surface area contributed by atoms with E-state index in [1.54, 1.807) is 35.2 Å². The molecule has 2 aromatic rings. The highest BCUT2D eigenvalue weighted by molar-refractivity contribution is 7.90. The van der Waals surface area contributed by atoms with Crippen molar-refractivity contribution in [2.45, 2.75) is 31.2 Å². The molecule has 25 heavy (non-hydrogen) atoms. The van der Waals surface area contributed by atoms with Crippen molar-refractivity contribution in [3.05, 3.63) is 58.1 Å². The highest BCUT2D eigenvalue weighted by atomic mass is 35.5. The first-order chi connectivity index (χ1) is 11.6. The molecule has 2 rings (SSSR count). The van der Waals surface area contributed by atoms with Crippen molar-refractivity contribution in [3.8, 4) is 0 Å². The minimum atomic E-state index is -3.28. The fourth-order valence-electron chi connectivity index (χ4n) is 2.52. The Morgan fingerprint density at radius 3 is 2.00 bits per heavy atom. The van der Waals surface area contributed by atoms with Gasteiger partial charge in [-0.2, -0.15) is 0 Å². The molecule has 0 fully saturated rings. The summed E-state index contributed by atoms with van der Waals surface area (Å²) in [7, 11) is -3.28. The third-order valence-corrected chi connectivity index (χ3v) is 5.55. The Hall–Kier alpha value is -1.56. The second-order valence-corrected chi connectivity index (χ2v) is 8.83. The van der Waals surface area contributed by atoms with E-state index in [1.165, 1.54) is 12.1 Å². The molecule has 0 aliphatic rings. The molecule has 4 nitrogen and oxygen atoms in total. The first-order valence-electron chi connectivity index (χ1n) is 7.66. The lowest BCUT2D eigenvalue weighted by Gasteiger charge is -2.27. The fourth-order valence-corrected chi connectivity index (χ4v) is 3.68. The molecule has 0 aromatic heterocycles. The quantitative estimate of drug-likeness (QED) is 0.749. The molecule has 2 aromatic carbocycles. The standard InChI is InChI=1S/C18H19Cl2NO3S/c1-12(2)21(13-7-9-14(10-8-13)25(3,23)24)18(22)11-15-16(19)5-4-6-17(15)20/h4-10,12H,11H2,1-3H3. The molecule has 0 aliphatic heterocycles. The molecule has 134 valence electrons. The van der Waals surface area contributed by atoms with Gasteiger partial charge in [0.25, 0.3) is 0 Å². The molecule has 0 heterocycles. The van der Waals surface area contributed by atoms with E-state index in [1.807, 2.05) is 13.8 Å². The van der Waals surface area contributed by atoms with Gasteiger partial charge >= 0.3 is 0 Å². The Morgan fingerprint density at radius 1 is 1.04 bits per heavy atom. The van der Waals surface area contributed by atoms with Gasteiger partial charge in [-0.1, -0.05) is 29.3 Å². The van der Waals surface area contributed by atoms with Crippen LogP contribution in [0.4, 0.5) is 5.69 Å². The molecule has 0 unspecified atom stereocenters. The number of halogens is 2. The summed E-state index contributed by atoms with van der Waals surface area (Å²) in [6.45, 7) is 3.77. The zero-order valence-electron chi connectivity index (χ0n) is 14.2. The van der Waals surface area contributed by atoms with Crippen LogP contribution < -0.4 is 4.90 Å². The van der Waals surface area contributed by atoms with Gasteiger partial charge in [-0.25, -0.2) is 8.42 Å². The van der Waals surface area contributed by atoms with E-state index in [0.29, 0.717) is 21.3 Å². The average molecular weight is 400 g/mol. The number of rotatable bonds is 5. The van der Waals surface area contributed by atoms with Gasteiger partial charge < -0.3 is 4.90 Å². The Balaban J connectivity index is 2.33. The maximum atomic E-state index is 12.8. The SMILES string of the molecule is CC(C)N(C(=O)Cc1c(Cl)cccc1Cl)c1ccc(S(C)(=O)=O)cc1. The van der Waals surface area contributed by atoms with Crippen LogP contribution in [-0.2, 0) is 21.1 Å². The lowest BCUT2D eigenvalue weighted by Crippen LogP contribution is -2.38. The number of sulfone groups is 1. The van der Waals surface area contributed by atoms with Crippen LogP contribution in [0.25, 0.3) is 0 Å². The Labute approximate surface area is 158 Å². The zero-order chi connectivity index (χ0) is 18.8. The fraction of sp³-hybridized carbons (Fsp3) is 0.278. The molecular weight excluding hydrogens is 381 g/mol. The summed E-state index contributed by atoms with van der Waals surface area (Å²) in [5, 5.41) is 0.883. The van der Waals surface area contributed by atoms with Crippen molar-refractivity contribution in [1.82, 2.24) is 0 Å². The predicted octanol–water partition coefficient (Wildman–Crippen LogP) is 4.38. The largest absolute Gasteiger partial charge is 0.310 e. The maximum Gasteiger partial charge on any atom is 0.231 e. The van der Waals surface area contributed by atoms with Gasteiger partial charge in [0.1, 0.15) is 0 Å². The van der Waals surface area contributed by atoms with E-state index in [9.17, 15) is 13.2 Å². The number of hydrogen-bond acceptors (Lipinski definition) is 3. The Morgan fingerprint density at radius 2 is 1.56 bits per heavy atom. The lowest BCUT2D eigenvalue weighted by molar-refractivity contribution is -0.118. The van der Waals surface area contributed by atoms with E-state index >= 15 is 0 Å². The third kappa shape index (κ3) is 4.75. The average Bonchev–Trinajstić information content (AvgIpc) is 2.50. The van der Waals surface area contributed by atoms with Gasteiger partial charge in [-0.15, -0.1) is 0 Å². The normalized spacial score (nSPS) is 11.6. The van der Waals surface area contributed by atoms with Crippen LogP contribution in [0.5, 0.6) is 0 Å². The number of hydrogen-bond donors (Lipinski definition) is 0. The summed E-state index contributed by atoms with van der Waals surface area (Å²) in [5.74, 6) is -0.169. The van der Waals surface area contributed by atoms with Gasteiger partial charge in [0.05, 0.1) is 11.3 Å². The molecule has 0 saturated carbocycles. The molecule has 0 aliphatic carbocycles. The number of carbonyl (C=O) groups is 1. The van der Waals surface area contributed by atoms with Crippen LogP contribution in [0, 0.1) is 0 Å². The minimum Gasteiger partial charge on any atom is -0.310 e. The lowest BCUT2D eigenvalue weighted by atomic mass is 10.1. The van der Waals surface area contributed by atoms with Crippen molar-refractivity contribution < 1.29 is 13.2 Å². The second-order valence-electron chi connectivity index (χ2n) is 6.00. The molecule has 1 amide bonds. The summed E-state index contributed by atoms with van der Waals surface area (Å²) >= 11 is 12.3. The van der Waals surface area contributed by atoms with Crippen LogP contribution in [0.1, 0.15) is 19.4 Å². The number of nitrogens with zero attached hydrogens (tertiary/aromatic N) is 1. The number of carbonyl (C=O) groups excluding carboxylic acids is 1. The van der Waals surface area contributed by atoms with Crippen molar-refractivity contribution in [3.63, 3.8) is 0 Å². The number of benzene rings is 2. The van der Waals surface area contributed by atoms with Crippen molar-refractivity contribution in [2.24, 2.45) is 0 Å². The minimum absolute atomic E-state index is 0.0600. The van der Waals surface area contributed by atoms with Crippen molar-refractivity contribution >= 4 is 44.6 Å². The molecule has 0 saturated heterocycles. The Kier molecular flexibility index (Phi) is 6.14. The summed E-state index contributed by atoms with van der Waals surface area (Å²) < 4.78 is 23.2. The van der Waals surface area contributed by atoms with E-state index < -0.39 is 9.84 Å². The van der Waals surface area contributed by atoms with Crippen LogP contribution >= 0.6 is 23.2 Å². The molecule has 0 N–H and O–H groups in total. The predicted molar refractivity (Wildman–Crippen MR) is 102 cm³/mol. The highest BCUT2D eigenvalue weighted by Gasteiger charge is 2.22. The van der Waals surface area contributed by atoms with Crippen LogP contribution in [-0.4, -0.2) is 26.6 Å². The van der Waals surface area contributed by atoms with Gasteiger partial charge in [-0.05, 0) is 55.8 Å². The van der Waals surface area contributed by atoms with Crippen LogP contribution in [0.15, 0.2) is 47.4 Å². The van der Waals surface area contributed by atoms with Crippen LogP contribution in [0.3, 0.4) is 0 Å². The Bertz CT molecular complexity index is 857. The third-order valence-electron chi connectivity index (χ3n) is 3.72. The van der Waals surface area contributed by atoms with Crippen molar-refractivity contribution in [1.29, 1.82) is 0 Å². The second kappa shape index (κ2) is 7.77. The van der Waals surface area contributed by atoms with E-state index in [4.69, 9.17) is 23.2 Å². The number of anilines is 1. The molecule has 0 bridgehead atoms. The molecule has 7 heteroatoms. The van der Waals surface area contributed by atoms with E-state index in [-0.39, 0.29) is 23.3 Å². The molecular formula is C18H19Cl2NO3S. The highest BCUT2D eigenvalue weighted by Crippen LogP contribution is 2.27. The van der Waals surface area contributed by atoms with Crippen LogP contribution in [0.2, 0.25) is 10.0 Å². The summed E-state index contributed by atoms with van der Waals surface area (Å²) in [5.41, 5.74) is 1.20. The molecule has 0 atom stereocenters. The van der Waals surface area contributed by atoms with Gasteiger partial charge in [0, 0.05) is 28.0 Å². The first kappa shape index (κ1) is 19.8. The van der Waals surface area contributed by atoms with Gasteiger partial charge in [0.2, 0.25) is 5.91 Å². The van der Waals surface area contributed by atoms with Crippen molar-refractivity contribution in [2.75, 3.05) is 11.2 Å². The summed E-state index contributed by atoms with van der Waals surface area (Å²) in [6.07, 6.45) is 1.21. The number of amides is 1. The van der Waals surface area contributed by atoms with Gasteiger partial charge in [-0.3, -0.25) is 4.79 Å². The first-order valence-corrected chi connectivity index (χ1v) is 10.3. The summed E-state index contributed by atoms with van der Waals surface area (Å²) in [6, 6.07) is 11.2. The maximum absolute atomic E-state index is 12.8. The zero-order valence-corrected chi connectivity index (χ0v) is 16.5. The molecule has 0 radical (unpaired) electrons. The molecule has 0 spiro atoms. The topological polar surface area (TPSA) is 54.5 Å². The monoisotopic (exact) mass is 399 g/mol. The smallest absolute Gasteiger partial charge is 0.231 e. The van der Waals surface area contributed by atoms with E-state index in [2.05, 4.69) is 0 Å². The van der Waals surface area contributed by atoms with Gasteiger partial charge in [0.15, 0.2) is 9.84 Å². The summed E-state index contributed by atoms with van der Waals surface area (Å²) in [4.78, 5) is 14.6. The van der Waals surface area contributed by atoms with E-state index in [0.717, 1.165) is 6.26 Å².